The lowest BCUT2D eigenvalue weighted by Gasteiger charge is -2.07. The molecule has 18 heavy (non-hydrogen) atoms. The summed E-state index contributed by atoms with van der Waals surface area (Å²) in [7, 11) is -3.33. The number of benzene rings is 1. The van der Waals surface area contributed by atoms with E-state index in [1.807, 2.05) is 6.07 Å². The number of rotatable bonds is 5. The minimum absolute atomic E-state index is 0.390. The van der Waals surface area contributed by atoms with E-state index in [1.54, 1.807) is 12.1 Å². The second-order valence-corrected chi connectivity index (χ2v) is 6.93. The van der Waals surface area contributed by atoms with Gasteiger partial charge in [0.25, 0.3) is 0 Å². The maximum atomic E-state index is 12.1. The van der Waals surface area contributed by atoms with Gasteiger partial charge >= 0.3 is 0 Å². The molecule has 0 spiro atoms. The number of hydrogen-bond donors (Lipinski definition) is 2. The predicted octanol–water partition coefficient (Wildman–Crippen LogP) is 1.37. The van der Waals surface area contributed by atoms with Crippen molar-refractivity contribution in [3.63, 3.8) is 0 Å². The summed E-state index contributed by atoms with van der Waals surface area (Å²) in [4.78, 5) is 0.390. The normalized spacial score (nSPS) is 18.9. The first-order chi connectivity index (χ1) is 8.65. The van der Waals surface area contributed by atoms with Crippen molar-refractivity contribution in [2.45, 2.75) is 37.2 Å². The molecule has 0 aromatic heterocycles. The van der Waals surface area contributed by atoms with Crippen LogP contribution >= 0.6 is 0 Å². The first-order valence-electron chi connectivity index (χ1n) is 6.47. The maximum Gasteiger partial charge on any atom is 0.240 e. The van der Waals surface area contributed by atoms with Crippen molar-refractivity contribution in [1.82, 2.24) is 10.0 Å². The Bertz CT molecular complexity index is 550. The predicted molar refractivity (Wildman–Crippen MR) is 69.5 cm³/mol. The molecule has 1 aliphatic heterocycles. The molecule has 4 nitrogen and oxygen atoms in total. The molecule has 1 aromatic rings. The summed E-state index contributed by atoms with van der Waals surface area (Å²) in [5.74, 6) is 0.747. The van der Waals surface area contributed by atoms with E-state index in [1.165, 1.54) is 18.4 Å². The van der Waals surface area contributed by atoms with E-state index in [4.69, 9.17) is 0 Å². The van der Waals surface area contributed by atoms with E-state index in [0.717, 1.165) is 31.0 Å². The van der Waals surface area contributed by atoms with Gasteiger partial charge in [0.1, 0.15) is 0 Å². The minimum atomic E-state index is -3.33. The molecule has 0 unspecified atom stereocenters. The van der Waals surface area contributed by atoms with Gasteiger partial charge in [0.2, 0.25) is 10.0 Å². The van der Waals surface area contributed by atoms with Crippen molar-refractivity contribution in [3.05, 3.63) is 29.3 Å². The van der Waals surface area contributed by atoms with Crippen LogP contribution in [0.2, 0.25) is 0 Å². The molecule has 0 radical (unpaired) electrons. The summed E-state index contributed by atoms with van der Waals surface area (Å²) >= 11 is 0. The molecule has 2 N–H and O–H groups in total. The standard InChI is InChI=1S/C13H18N2O2S/c16-18(17,15-6-5-10-1-2-10)13-4-3-11-8-14-9-12(11)7-13/h3-4,7,10,14-15H,1-2,5-6,8-9H2. The number of hydrogen-bond acceptors (Lipinski definition) is 3. The van der Waals surface area contributed by atoms with Gasteiger partial charge in [-0.3, -0.25) is 0 Å². The smallest absolute Gasteiger partial charge is 0.240 e. The molecule has 1 saturated carbocycles. The highest BCUT2D eigenvalue weighted by Crippen LogP contribution is 2.31. The molecule has 5 heteroatoms. The largest absolute Gasteiger partial charge is 0.309 e. The maximum absolute atomic E-state index is 12.1. The number of fused-ring (bicyclic) bond motifs is 1. The molecule has 0 amide bonds. The van der Waals surface area contributed by atoms with E-state index in [0.29, 0.717) is 11.4 Å². The van der Waals surface area contributed by atoms with Gasteiger partial charge in [-0.25, -0.2) is 13.1 Å². The van der Waals surface area contributed by atoms with Gasteiger partial charge in [-0.1, -0.05) is 18.9 Å². The lowest BCUT2D eigenvalue weighted by molar-refractivity contribution is 0.575. The third-order valence-electron chi connectivity index (χ3n) is 3.66. The monoisotopic (exact) mass is 266 g/mol. The molecule has 0 atom stereocenters. The Labute approximate surface area is 108 Å². The topological polar surface area (TPSA) is 58.2 Å². The van der Waals surface area contributed by atoms with Gasteiger partial charge in [-0.05, 0) is 35.6 Å². The zero-order chi connectivity index (χ0) is 12.6. The van der Waals surface area contributed by atoms with Gasteiger partial charge < -0.3 is 5.32 Å². The van der Waals surface area contributed by atoms with Crippen LogP contribution in [0.3, 0.4) is 0 Å². The molecule has 3 rings (SSSR count). The highest BCUT2D eigenvalue weighted by atomic mass is 32.2. The van der Waals surface area contributed by atoms with Crippen molar-refractivity contribution < 1.29 is 8.42 Å². The third-order valence-corrected chi connectivity index (χ3v) is 5.12. The summed E-state index contributed by atoms with van der Waals surface area (Å²) in [6, 6.07) is 5.39. The van der Waals surface area contributed by atoms with Crippen LogP contribution in [0.15, 0.2) is 23.1 Å². The fraction of sp³-hybridized carbons (Fsp3) is 0.538. The minimum Gasteiger partial charge on any atom is -0.309 e. The van der Waals surface area contributed by atoms with Crippen LogP contribution in [0, 0.1) is 5.92 Å². The van der Waals surface area contributed by atoms with Crippen molar-refractivity contribution in [1.29, 1.82) is 0 Å². The van der Waals surface area contributed by atoms with E-state index >= 15 is 0 Å². The van der Waals surface area contributed by atoms with Crippen LogP contribution in [0.1, 0.15) is 30.4 Å². The van der Waals surface area contributed by atoms with Crippen molar-refractivity contribution in [2.75, 3.05) is 6.54 Å². The van der Waals surface area contributed by atoms with Crippen molar-refractivity contribution in [3.8, 4) is 0 Å². The second-order valence-electron chi connectivity index (χ2n) is 5.16. The molecule has 1 aliphatic carbocycles. The Balaban J connectivity index is 1.71. The average Bonchev–Trinajstić information content (AvgIpc) is 3.04. The molecule has 1 fully saturated rings. The van der Waals surface area contributed by atoms with Gasteiger partial charge in [0.15, 0.2) is 0 Å². The molecule has 1 aromatic carbocycles. The van der Waals surface area contributed by atoms with Crippen molar-refractivity contribution >= 4 is 10.0 Å². The summed E-state index contributed by atoms with van der Waals surface area (Å²) < 4.78 is 26.9. The zero-order valence-electron chi connectivity index (χ0n) is 10.3. The fourth-order valence-corrected chi connectivity index (χ4v) is 3.42. The summed E-state index contributed by atoms with van der Waals surface area (Å²) in [5.41, 5.74) is 2.30. The first kappa shape index (κ1) is 12.1. The average molecular weight is 266 g/mol. The van der Waals surface area contributed by atoms with Gasteiger partial charge in [-0.15, -0.1) is 0 Å². The molecule has 2 aliphatic rings. The van der Waals surface area contributed by atoms with Gasteiger partial charge in [0, 0.05) is 19.6 Å². The summed E-state index contributed by atoms with van der Waals surface area (Å²) in [5, 5.41) is 3.22. The molecule has 0 saturated heterocycles. The Hall–Kier alpha value is -0.910. The number of sulfonamides is 1. The van der Waals surface area contributed by atoms with Crippen LogP contribution in [0.5, 0.6) is 0 Å². The molecular formula is C13H18N2O2S. The molecule has 98 valence electrons. The lowest BCUT2D eigenvalue weighted by Crippen LogP contribution is -2.25. The Morgan fingerprint density at radius 2 is 2.00 bits per heavy atom. The summed E-state index contributed by atoms with van der Waals surface area (Å²) in [6.45, 7) is 2.16. The first-order valence-corrected chi connectivity index (χ1v) is 7.96. The molecule has 1 heterocycles. The quantitative estimate of drug-likeness (QED) is 0.846. The summed E-state index contributed by atoms with van der Waals surface area (Å²) in [6.07, 6.45) is 3.48. The van der Waals surface area contributed by atoms with Crippen LogP contribution in [-0.2, 0) is 23.1 Å². The van der Waals surface area contributed by atoms with E-state index < -0.39 is 10.0 Å². The molecule has 0 bridgehead atoms. The Morgan fingerprint density at radius 3 is 2.78 bits per heavy atom. The Kier molecular flexibility index (Phi) is 3.13. The third kappa shape index (κ3) is 2.58. The van der Waals surface area contributed by atoms with Crippen LogP contribution in [0.25, 0.3) is 0 Å². The fourth-order valence-electron chi connectivity index (χ4n) is 2.33. The van der Waals surface area contributed by atoms with Gasteiger partial charge in [-0.2, -0.15) is 0 Å². The van der Waals surface area contributed by atoms with Gasteiger partial charge in [0.05, 0.1) is 4.90 Å². The van der Waals surface area contributed by atoms with Crippen LogP contribution in [-0.4, -0.2) is 15.0 Å². The second kappa shape index (κ2) is 4.64. The highest BCUT2D eigenvalue weighted by Gasteiger charge is 2.22. The van der Waals surface area contributed by atoms with E-state index in [9.17, 15) is 8.42 Å². The van der Waals surface area contributed by atoms with Crippen molar-refractivity contribution in [2.24, 2.45) is 5.92 Å². The Morgan fingerprint density at radius 1 is 1.22 bits per heavy atom. The van der Waals surface area contributed by atoms with E-state index in [-0.39, 0.29) is 0 Å². The number of nitrogens with one attached hydrogen (secondary N) is 2. The highest BCUT2D eigenvalue weighted by molar-refractivity contribution is 7.89. The lowest BCUT2D eigenvalue weighted by atomic mass is 10.1. The SMILES string of the molecule is O=S(=O)(NCCC1CC1)c1ccc2c(c1)CNC2. The van der Waals surface area contributed by atoms with Crippen LogP contribution < -0.4 is 10.0 Å². The molecular weight excluding hydrogens is 248 g/mol. The van der Waals surface area contributed by atoms with E-state index in [2.05, 4.69) is 10.0 Å². The zero-order valence-corrected chi connectivity index (χ0v) is 11.1. The van der Waals surface area contributed by atoms with Crippen LogP contribution in [0.4, 0.5) is 0 Å².